The minimum atomic E-state index is -0.262. The predicted molar refractivity (Wildman–Crippen MR) is 89.7 cm³/mol. The van der Waals surface area contributed by atoms with Gasteiger partial charge in [-0.1, -0.05) is 5.16 Å². The number of anilines is 1. The maximum atomic E-state index is 12.1. The zero-order valence-electron chi connectivity index (χ0n) is 13.2. The van der Waals surface area contributed by atoms with E-state index in [1.807, 2.05) is 0 Å². The second-order valence-corrected chi connectivity index (χ2v) is 5.60. The van der Waals surface area contributed by atoms with Crippen LogP contribution in [0.4, 0.5) is 5.82 Å². The number of pyridine rings is 1. The van der Waals surface area contributed by atoms with Gasteiger partial charge in [-0.15, -0.1) is 0 Å². The van der Waals surface area contributed by atoms with Crippen LogP contribution in [0.1, 0.15) is 17.1 Å². The molecule has 0 saturated carbocycles. The van der Waals surface area contributed by atoms with Crippen LogP contribution < -0.4 is 5.32 Å². The van der Waals surface area contributed by atoms with Crippen molar-refractivity contribution in [2.45, 2.75) is 13.3 Å². The Labute approximate surface area is 141 Å². The molecule has 0 fully saturated rings. The number of carbonyl (C=O) groups excluding carboxylic acids is 1. The number of amides is 1. The van der Waals surface area contributed by atoms with Gasteiger partial charge < -0.3 is 14.8 Å². The molecule has 0 saturated heterocycles. The maximum absolute atomic E-state index is 12.1. The van der Waals surface area contributed by atoms with Crippen LogP contribution in [0.15, 0.2) is 35.0 Å². The Hall–Kier alpha value is -3.73. The maximum Gasteiger partial charge on any atom is 0.233 e. The van der Waals surface area contributed by atoms with Crippen molar-refractivity contribution in [2.75, 3.05) is 5.32 Å². The second kappa shape index (κ2) is 5.72. The number of aromatic nitrogens is 4. The predicted octanol–water partition coefficient (Wildman–Crippen LogP) is 2.46. The largest absolute Gasteiger partial charge is 0.360 e. The zero-order valence-corrected chi connectivity index (χ0v) is 13.2. The number of fused-ring (bicyclic) bond motifs is 3. The molecule has 0 spiro atoms. The zero-order chi connectivity index (χ0) is 17.4. The van der Waals surface area contributed by atoms with E-state index in [0.717, 1.165) is 10.9 Å². The lowest BCUT2D eigenvalue weighted by atomic mass is 10.1. The van der Waals surface area contributed by atoms with E-state index in [9.17, 15) is 4.79 Å². The summed E-state index contributed by atoms with van der Waals surface area (Å²) in [6.07, 6.45) is 1.72. The third-order valence-electron chi connectivity index (χ3n) is 3.72. The van der Waals surface area contributed by atoms with Gasteiger partial charge in [-0.05, 0) is 25.1 Å². The Balaban J connectivity index is 1.65. The molecule has 4 rings (SSSR count). The number of H-pyrrole nitrogens is 1. The fourth-order valence-corrected chi connectivity index (χ4v) is 2.63. The standard InChI is InChI=1S/C17H12N6O2/c1-9-4-15(23-25-9)21-16(24)6-14-20-13-8-19-12-3-2-10(7-18)5-11(12)17(13)22-14/h2-5,8H,6H2,1H3,(H,20,22)(H,21,23,24). The molecule has 8 heteroatoms. The number of aryl methyl sites for hydroxylation is 1. The lowest BCUT2D eigenvalue weighted by Gasteiger charge is -1.98. The molecule has 0 aliphatic carbocycles. The fourth-order valence-electron chi connectivity index (χ4n) is 2.63. The van der Waals surface area contributed by atoms with Crippen LogP contribution in [-0.2, 0) is 11.2 Å². The van der Waals surface area contributed by atoms with E-state index in [0.29, 0.717) is 34.0 Å². The smallest absolute Gasteiger partial charge is 0.233 e. The minimum absolute atomic E-state index is 0.0556. The van der Waals surface area contributed by atoms with Crippen LogP contribution in [0.3, 0.4) is 0 Å². The Morgan fingerprint density at radius 3 is 3.04 bits per heavy atom. The molecule has 0 atom stereocenters. The molecule has 8 nitrogen and oxygen atoms in total. The van der Waals surface area contributed by atoms with Gasteiger partial charge in [0.1, 0.15) is 11.6 Å². The molecule has 0 aliphatic heterocycles. The van der Waals surface area contributed by atoms with Crippen LogP contribution >= 0.6 is 0 Å². The number of hydrogen-bond acceptors (Lipinski definition) is 6. The first-order valence-electron chi connectivity index (χ1n) is 7.53. The van der Waals surface area contributed by atoms with Crippen molar-refractivity contribution in [3.63, 3.8) is 0 Å². The van der Waals surface area contributed by atoms with Gasteiger partial charge in [0, 0.05) is 11.5 Å². The highest BCUT2D eigenvalue weighted by Gasteiger charge is 2.13. The van der Waals surface area contributed by atoms with Crippen molar-refractivity contribution in [2.24, 2.45) is 0 Å². The van der Waals surface area contributed by atoms with Gasteiger partial charge >= 0.3 is 0 Å². The average Bonchev–Trinajstić information content (AvgIpc) is 3.19. The molecule has 1 amide bonds. The molecule has 25 heavy (non-hydrogen) atoms. The van der Waals surface area contributed by atoms with E-state index >= 15 is 0 Å². The first-order valence-corrected chi connectivity index (χ1v) is 7.53. The van der Waals surface area contributed by atoms with Crippen LogP contribution in [0.5, 0.6) is 0 Å². The summed E-state index contributed by atoms with van der Waals surface area (Å²) in [7, 11) is 0. The molecule has 2 N–H and O–H groups in total. The van der Waals surface area contributed by atoms with Crippen molar-refractivity contribution in [1.29, 1.82) is 5.26 Å². The third-order valence-corrected chi connectivity index (χ3v) is 3.72. The van der Waals surface area contributed by atoms with Crippen LogP contribution in [0, 0.1) is 18.3 Å². The molecule has 0 radical (unpaired) electrons. The highest BCUT2D eigenvalue weighted by Crippen LogP contribution is 2.23. The summed E-state index contributed by atoms with van der Waals surface area (Å²) in [5.41, 5.74) is 2.67. The van der Waals surface area contributed by atoms with Crippen molar-refractivity contribution in [3.8, 4) is 6.07 Å². The summed E-state index contributed by atoms with van der Waals surface area (Å²) >= 11 is 0. The number of nitrogens with zero attached hydrogens (tertiary/aromatic N) is 4. The summed E-state index contributed by atoms with van der Waals surface area (Å²) in [6, 6.07) is 8.98. The van der Waals surface area contributed by atoms with E-state index < -0.39 is 0 Å². The highest BCUT2D eigenvalue weighted by atomic mass is 16.5. The minimum Gasteiger partial charge on any atom is -0.360 e. The molecule has 1 aromatic carbocycles. The molecular weight excluding hydrogens is 320 g/mol. The molecule has 122 valence electrons. The molecule has 3 heterocycles. The van der Waals surface area contributed by atoms with E-state index in [4.69, 9.17) is 9.78 Å². The summed E-state index contributed by atoms with van der Waals surface area (Å²) in [5.74, 6) is 1.22. The van der Waals surface area contributed by atoms with Gasteiger partial charge in [0.05, 0.1) is 40.8 Å². The molecule has 4 aromatic rings. The molecule has 0 bridgehead atoms. The Morgan fingerprint density at radius 1 is 1.40 bits per heavy atom. The number of hydrogen-bond donors (Lipinski definition) is 2. The first kappa shape index (κ1) is 14.8. The number of imidazole rings is 1. The normalized spacial score (nSPS) is 10.9. The summed E-state index contributed by atoms with van der Waals surface area (Å²) < 4.78 is 4.91. The number of carbonyl (C=O) groups is 1. The average molecular weight is 332 g/mol. The Morgan fingerprint density at radius 2 is 2.28 bits per heavy atom. The summed E-state index contributed by atoms with van der Waals surface area (Å²) in [6.45, 7) is 1.75. The summed E-state index contributed by atoms with van der Waals surface area (Å²) in [5, 5.41) is 16.2. The monoisotopic (exact) mass is 332 g/mol. The van der Waals surface area contributed by atoms with Crippen LogP contribution in [-0.4, -0.2) is 26.0 Å². The van der Waals surface area contributed by atoms with Crippen molar-refractivity contribution < 1.29 is 9.32 Å². The molecular formula is C17H12N6O2. The Kier molecular flexibility index (Phi) is 3.40. The topological polar surface area (TPSA) is 120 Å². The lowest BCUT2D eigenvalue weighted by Crippen LogP contribution is -2.15. The van der Waals surface area contributed by atoms with Gasteiger partial charge in [-0.2, -0.15) is 5.26 Å². The van der Waals surface area contributed by atoms with Gasteiger partial charge in [0.2, 0.25) is 5.91 Å². The van der Waals surface area contributed by atoms with E-state index in [2.05, 4.69) is 31.5 Å². The van der Waals surface area contributed by atoms with Gasteiger partial charge in [-0.25, -0.2) is 4.98 Å². The van der Waals surface area contributed by atoms with E-state index in [-0.39, 0.29) is 12.3 Å². The second-order valence-electron chi connectivity index (χ2n) is 5.60. The van der Waals surface area contributed by atoms with Gasteiger partial charge in [0.15, 0.2) is 5.82 Å². The van der Waals surface area contributed by atoms with E-state index in [1.165, 1.54) is 0 Å². The summed E-state index contributed by atoms with van der Waals surface area (Å²) in [4.78, 5) is 24.0. The highest BCUT2D eigenvalue weighted by molar-refractivity contribution is 6.02. The van der Waals surface area contributed by atoms with Gasteiger partial charge in [-0.3, -0.25) is 9.78 Å². The number of benzene rings is 1. The number of aromatic amines is 1. The van der Waals surface area contributed by atoms with Crippen molar-refractivity contribution in [3.05, 3.63) is 47.6 Å². The SMILES string of the molecule is Cc1cc(NC(=O)Cc2nc3c(cnc4ccc(C#N)cc43)[nH]2)no1. The molecule has 3 aromatic heterocycles. The number of nitriles is 1. The number of rotatable bonds is 3. The van der Waals surface area contributed by atoms with Crippen molar-refractivity contribution in [1.82, 2.24) is 20.1 Å². The molecule has 0 unspecified atom stereocenters. The van der Waals surface area contributed by atoms with Crippen molar-refractivity contribution >= 4 is 33.7 Å². The lowest BCUT2D eigenvalue weighted by molar-refractivity contribution is -0.115. The third kappa shape index (κ3) is 2.79. The first-order chi connectivity index (χ1) is 12.1. The van der Waals surface area contributed by atoms with E-state index in [1.54, 1.807) is 37.4 Å². The van der Waals surface area contributed by atoms with Gasteiger partial charge in [0.25, 0.3) is 0 Å². The van der Waals surface area contributed by atoms with Crippen LogP contribution in [0.25, 0.3) is 21.9 Å². The fraction of sp³-hybridized carbons (Fsp3) is 0.118. The quantitative estimate of drug-likeness (QED) is 0.594. The molecule has 0 aliphatic rings. The number of nitrogens with one attached hydrogen (secondary N) is 2. The Bertz CT molecular complexity index is 1150. The van der Waals surface area contributed by atoms with Crippen LogP contribution in [0.2, 0.25) is 0 Å².